The van der Waals surface area contributed by atoms with Crippen LogP contribution >= 0.6 is 0 Å². The van der Waals surface area contributed by atoms with E-state index in [1.54, 1.807) is 0 Å². The fourth-order valence-electron chi connectivity index (χ4n) is 2.32. The van der Waals surface area contributed by atoms with E-state index >= 15 is 0 Å². The molecule has 0 atom stereocenters. The highest BCUT2D eigenvalue weighted by Gasteiger charge is 2.43. The van der Waals surface area contributed by atoms with E-state index in [2.05, 4.69) is 0 Å². The lowest BCUT2D eigenvalue weighted by atomic mass is 10.0. The molecule has 0 unspecified atom stereocenters. The maximum absolute atomic E-state index is 13.7. The van der Waals surface area contributed by atoms with E-state index in [1.165, 1.54) is 0 Å². The van der Waals surface area contributed by atoms with Crippen LogP contribution in [0.5, 0.6) is 0 Å². The third-order valence-electron chi connectivity index (χ3n) is 3.80. The molecule has 2 aromatic carbocycles. The smallest absolute Gasteiger partial charge is 0.203 e. The maximum atomic E-state index is 13.7. The molecular formula is C18F16. The summed E-state index contributed by atoms with van der Waals surface area (Å²) in [5.41, 5.74) is -11.4. The molecule has 0 saturated carbocycles. The number of allylic oxidation sites excluding steroid dienone is 2. The second-order valence-corrected chi connectivity index (χ2v) is 5.89. The summed E-state index contributed by atoms with van der Waals surface area (Å²) in [7, 11) is 0. The van der Waals surface area contributed by atoms with E-state index in [0.717, 1.165) is 0 Å². The first-order valence-electron chi connectivity index (χ1n) is 7.77. The predicted molar refractivity (Wildman–Crippen MR) is 78.4 cm³/mol. The van der Waals surface area contributed by atoms with E-state index in [0.29, 0.717) is 11.5 Å². The van der Waals surface area contributed by atoms with Crippen LogP contribution in [0.2, 0.25) is 0 Å². The Labute approximate surface area is 175 Å². The lowest BCUT2D eigenvalue weighted by Crippen LogP contribution is -2.17. The van der Waals surface area contributed by atoms with Gasteiger partial charge in [-0.2, -0.15) is 26.3 Å². The van der Waals surface area contributed by atoms with Crippen molar-refractivity contribution in [1.29, 1.82) is 0 Å². The summed E-state index contributed by atoms with van der Waals surface area (Å²) in [6, 6.07) is 0. The average Bonchev–Trinajstić information content (AvgIpc) is 2.72. The lowest BCUT2D eigenvalue weighted by Gasteiger charge is -2.13. The van der Waals surface area contributed by atoms with Gasteiger partial charge in [0, 0.05) is 0 Å². The molecule has 0 nitrogen and oxygen atoms in total. The van der Waals surface area contributed by atoms with Gasteiger partial charge in [-0.25, -0.2) is 43.9 Å². The fourth-order valence-corrected chi connectivity index (χ4v) is 2.32. The van der Waals surface area contributed by atoms with Gasteiger partial charge in [0.2, 0.25) is 11.6 Å². The molecule has 0 N–H and O–H groups in total. The van der Waals surface area contributed by atoms with Crippen molar-refractivity contribution in [2.24, 2.45) is 0 Å². The fraction of sp³-hybridized carbons (Fsp3) is 0.111. The summed E-state index contributed by atoms with van der Waals surface area (Å²) in [4.78, 5) is 0. The van der Waals surface area contributed by atoms with Gasteiger partial charge in [-0.1, -0.05) is 11.5 Å². The molecular weight excluding hydrogens is 520 g/mol. The Morgan fingerprint density at radius 2 is 0.529 bits per heavy atom. The molecule has 0 aromatic heterocycles. The van der Waals surface area contributed by atoms with Gasteiger partial charge in [-0.05, 0) is 0 Å². The molecule has 0 spiro atoms. The monoisotopic (exact) mass is 520 g/mol. The molecule has 16 heteroatoms. The molecule has 34 heavy (non-hydrogen) atoms. The van der Waals surface area contributed by atoms with Crippen molar-refractivity contribution in [3.8, 4) is 0 Å². The minimum atomic E-state index is -6.25. The van der Waals surface area contributed by atoms with Crippen LogP contribution in [0.25, 0.3) is 11.1 Å². The van der Waals surface area contributed by atoms with Crippen molar-refractivity contribution in [2.75, 3.05) is 0 Å². The van der Waals surface area contributed by atoms with Crippen LogP contribution < -0.4 is 0 Å². The summed E-state index contributed by atoms with van der Waals surface area (Å²) in [5.74, 6) is -30.5. The summed E-state index contributed by atoms with van der Waals surface area (Å²) in [6.45, 7) is 0. The molecule has 0 heterocycles. The average molecular weight is 520 g/mol. The van der Waals surface area contributed by atoms with E-state index in [-0.39, 0.29) is 0 Å². The van der Waals surface area contributed by atoms with Crippen molar-refractivity contribution < 1.29 is 70.2 Å². The van der Waals surface area contributed by atoms with Crippen LogP contribution in [-0.2, 0) is 0 Å². The number of benzene rings is 2. The van der Waals surface area contributed by atoms with Gasteiger partial charge in [0.1, 0.15) is 11.1 Å². The molecule has 0 aliphatic carbocycles. The second kappa shape index (κ2) is 8.76. The minimum absolute atomic E-state index is 0.322. The van der Waals surface area contributed by atoms with E-state index in [1.807, 2.05) is 0 Å². The third kappa shape index (κ3) is 4.50. The molecule has 2 rings (SSSR count). The number of rotatable bonds is 2. The standard InChI is InChI=1S/C18F16/c19-7-5(8(20)12(24)15(27)11(7)23)3(17(29,30)31)1-2-4(18(32,33)34)6-9(21)13(25)16(28)14(26)10(6)22. The molecule has 0 fully saturated rings. The normalized spacial score (nSPS) is 11.9. The van der Waals surface area contributed by atoms with Crippen LogP contribution in [0.3, 0.4) is 0 Å². The summed E-state index contributed by atoms with van der Waals surface area (Å²) >= 11 is 0. The lowest BCUT2D eigenvalue weighted by molar-refractivity contribution is -0.0707. The van der Waals surface area contributed by atoms with Crippen molar-refractivity contribution in [2.45, 2.75) is 12.4 Å². The number of hydrogen-bond acceptors (Lipinski definition) is 0. The quantitative estimate of drug-likeness (QED) is 0.167. The molecule has 0 amide bonds. The molecule has 0 aliphatic heterocycles. The van der Waals surface area contributed by atoms with Gasteiger partial charge in [-0.3, -0.25) is 0 Å². The zero-order valence-electron chi connectivity index (χ0n) is 15.0. The second-order valence-electron chi connectivity index (χ2n) is 5.89. The highest BCUT2D eigenvalue weighted by Crippen LogP contribution is 2.40. The largest absolute Gasteiger partial charge is 0.424 e. The Kier molecular flexibility index (Phi) is 6.92. The Morgan fingerprint density at radius 3 is 0.706 bits per heavy atom. The number of alkyl halides is 6. The highest BCUT2D eigenvalue weighted by molar-refractivity contribution is 5.74. The third-order valence-corrected chi connectivity index (χ3v) is 3.80. The first kappa shape index (κ1) is 26.9. The first-order chi connectivity index (χ1) is 15.3. The molecule has 0 bridgehead atoms. The summed E-state index contributed by atoms with van der Waals surface area (Å²) in [6.07, 6.45) is -12.5. The van der Waals surface area contributed by atoms with E-state index < -0.39 is 92.8 Å². The van der Waals surface area contributed by atoms with Crippen molar-refractivity contribution >= 4 is 11.1 Å². The molecule has 0 radical (unpaired) electrons. The molecule has 0 aliphatic rings. The van der Waals surface area contributed by atoms with Gasteiger partial charge in [0.25, 0.3) is 0 Å². The van der Waals surface area contributed by atoms with Crippen LogP contribution in [0, 0.1) is 58.2 Å². The van der Waals surface area contributed by atoms with Gasteiger partial charge >= 0.3 is 12.4 Å². The molecule has 184 valence electrons. The first-order valence-corrected chi connectivity index (χ1v) is 7.77. The topological polar surface area (TPSA) is 0 Å². The summed E-state index contributed by atoms with van der Waals surface area (Å²) < 4.78 is 213. The summed E-state index contributed by atoms with van der Waals surface area (Å²) in [5, 5.41) is 0. The minimum Gasteiger partial charge on any atom is -0.203 e. The van der Waals surface area contributed by atoms with E-state index in [4.69, 9.17) is 0 Å². The van der Waals surface area contributed by atoms with Crippen LogP contribution in [-0.4, -0.2) is 12.4 Å². The van der Waals surface area contributed by atoms with Gasteiger partial charge < -0.3 is 0 Å². The molecule has 0 saturated heterocycles. The molecule has 2 aromatic rings. The Morgan fingerprint density at radius 1 is 0.353 bits per heavy atom. The van der Waals surface area contributed by atoms with Gasteiger partial charge in [0.15, 0.2) is 46.5 Å². The van der Waals surface area contributed by atoms with Crippen LogP contribution in [0.15, 0.2) is 11.5 Å². The Bertz CT molecular complexity index is 1120. The van der Waals surface area contributed by atoms with Crippen LogP contribution in [0.1, 0.15) is 11.1 Å². The van der Waals surface area contributed by atoms with Crippen molar-refractivity contribution in [3.05, 3.63) is 80.8 Å². The SMILES string of the molecule is Fc1c(F)c(F)c(C(=C=C=C(c2c(F)c(F)c(F)c(F)c2F)C(F)(F)F)C(F)(F)F)c(F)c1F. The van der Waals surface area contributed by atoms with Gasteiger partial charge in [0.05, 0.1) is 11.1 Å². The highest BCUT2D eigenvalue weighted by atomic mass is 19.4. The van der Waals surface area contributed by atoms with Gasteiger partial charge in [-0.15, -0.1) is 0 Å². The zero-order valence-corrected chi connectivity index (χ0v) is 15.0. The van der Waals surface area contributed by atoms with Crippen LogP contribution in [0.4, 0.5) is 70.2 Å². The predicted octanol–water partition coefficient (Wildman–Crippen LogP) is 7.42. The van der Waals surface area contributed by atoms with Crippen molar-refractivity contribution in [3.63, 3.8) is 0 Å². The maximum Gasteiger partial charge on any atom is 0.424 e. The number of halogens is 16. The number of hydrogen-bond donors (Lipinski definition) is 0. The van der Waals surface area contributed by atoms with Crippen molar-refractivity contribution in [1.82, 2.24) is 0 Å². The van der Waals surface area contributed by atoms with E-state index in [9.17, 15) is 70.2 Å². The Balaban J connectivity index is 3.21. The Hall–Kier alpha value is -3.38. The zero-order chi connectivity index (χ0) is 26.5.